The zero-order valence-corrected chi connectivity index (χ0v) is 16.7. The van der Waals surface area contributed by atoms with Gasteiger partial charge in [-0.05, 0) is 24.7 Å². The van der Waals surface area contributed by atoms with Crippen LogP contribution in [0.4, 0.5) is 33.6 Å². The molecule has 0 bridgehead atoms. The van der Waals surface area contributed by atoms with Gasteiger partial charge in [0.25, 0.3) is 6.43 Å². The lowest BCUT2D eigenvalue weighted by Gasteiger charge is -2.21. The topological polar surface area (TPSA) is 84.7 Å². The molecule has 0 aromatic carbocycles. The number of nitrogens with zero attached hydrogens (tertiary/aromatic N) is 7. The number of nitrogens with one attached hydrogen (secondary N) is 1. The molecule has 0 amide bonds. The van der Waals surface area contributed by atoms with E-state index in [1.165, 1.54) is 6.20 Å². The standard InChI is InChI=1S/C19H19F5N8/c20-15(21)8-32-18-13(4-28-32)25-5-16(30-18)29-12-1-10-6-31(7-11(10)2-12)17-3-14(19(22,23)24)26-9-27-17/h3-5,9-12,15H,1-2,6-8H2,(H,29,30). The normalized spacial score (nSPS) is 23.3. The largest absolute Gasteiger partial charge is 0.433 e. The Labute approximate surface area is 178 Å². The van der Waals surface area contributed by atoms with Gasteiger partial charge in [-0.1, -0.05) is 0 Å². The fourth-order valence-corrected chi connectivity index (χ4v) is 4.67. The minimum Gasteiger partial charge on any atom is -0.366 e. The van der Waals surface area contributed by atoms with Crippen LogP contribution in [0.1, 0.15) is 18.5 Å². The zero-order chi connectivity index (χ0) is 22.5. The Balaban J connectivity index is 1.23. The molecule has 170 valence electrons. The van der Waals surface area contributed by atoms with E-state index < -0.39 is 24.8 Å². The van der Waals surface area contributed by atoms with Crippen LogP contribution in [0.25, 0.3) is 11.2 Å². The summed E-state index contributed by atoms with van der Waals surface area (Å²) >= 11 is 0. The second kappa shape index (κ2) is 7.78. The third-order valence-corrected chi connectivity index (χ3v) is 6.03. The summed E-state index contributed by atoms with van der Waals surface area (Å²) in [5.41, 5.74) is -0.207. The van der Waals surface area contributed by atoms with Gasteiger partial charge in [0.2, 0.25) is 0 Å². The van der Waals surface area contributed by atoms with Gasteiger partial charge in [0.1, 0.15) is 35.7 Å². The third-order valence-electron chi connectivity index (χ3n) is 6.03. The van der Waals surface area contributed by atoms with Crippen LogP contribution in [0, 0.1) is 11.8 Å². The van der Waals surface area contributed by atoms with E-state index in [0.717, 1.165) is 29.9 Å². The predicted octanol–water partition coefficient (Wildman–Crippen LogP) is 3.23. The van der Waals surface area contributed by atoms with E-state index in [0.29, 0.717) is 41.9 Å². The summed E-state index contributed by atoms with van der Waals surface area (Å²) in [4.78, 5) is 17.8. The number of rotatable bonds is 5. The van der Waals surface area contributed by atoms with Gasteiger partial charge in [-0.25, -0.2) is 33.4 Å². The number of hydrogen-bond donors (Lipinski definition) is 1. The van der Waals surface area contributed by atoms with Crippen molar-refractivity contribution in [2.45, 2.75) is 38.0 Å². The highest BCUT2D eigenvalue weighted by atomic mass is 19.4. The number of fused-ring (bicyclic) bond motifs is 2. The lowest BCUT2D eigenvalue weighted by atomic mass is 10.0. The number of aromatic nitrogens is 6. The Hall–Kier alpha value is -3.12. The maximum Gasteiger partial charge on any atom is 0.433 e. The average Bonchev–Trinajstić information content (AvgIpc) is 3.41. The second-order valence-electron chi connectivity index (χ2n) is 8.18. The van der Waals surface area contributed by atoms with E-state index in [1.54, 1.807) is 6.20 Å². The average molecular weight is 454 g/mol. The van der Waals surface area contributed by atoms with E-state index in [-0.39, 0.29) is 11.9 Å². The molecule has 3 aromatic rings. The van der Waals surface area contributed by atoms with E-state index in [2.05, 4.69) is 30.4 Å². The van der Waals surface area contributed by atoms with Gasteiger partial charge in [-0.2, -0.15) is 18.3 Å². The van der Waals surface area contributed by atoms with Crippen LogP contribution in [0.5, 0.6) is 0 Å². The van der Waals surface area contributed by atoms with Crippen molar-refractivity contribution < 1.29 is 22.0 Å². The van der Waals surface area contributed by atoms with Crippen molar-refractivity contribution >= 4 is 22.8 Å². The number of halogens is 5. The second-order valence-corrected chi connectivity index (χ2v) is 8.18. The Bertz CT molecular complexity index is 1100. The van der Waals surface area contributed by atoms with E-state index in [9.17, 15) is 22.0 Å². The fraction of sp³-hybridized carbons (Fsp3) is 0.526. The number of anilines is 2. The molecule has 2 aliphatic rings. The van der Waals surface area contributed by atoms with Crippen LogP contribution in [0.2, 0.25) is 0 Å². The van der Waals surface area contributed by atoms with E-state index in [4.69, 9.17) is 0 Å². The van der Waals surface area contributed by atoms with Crippen LogP contribution in [0.3, 0.4) is 0 Å². The van der Waals surface area contributed by atoms with Crippen LogP contribution >= 0.6 is 0 Å². The Morgan fingerprint density at radius 1 is 1.06 bits per heavy atom. The quantitative estimate of drug-likeness (QED) is 0.593. The third kappa shape index (κ3) is 4.02. The van der Waals surface area contributed by atoms with Crippen molar-refractivity contribution in [3.8, 4) is 0 Å². The van der Waals surface area contributed by atoms with Crippen molar-refractivity contribution in [1.82, 2.24) is 29.7 Å². The molecule has 2 fully saturated rings. The first kappa shape index (κ1) is 20.8. The molecular formula is C19H19F5N8. The highest BCUT2D eigenvalue weighted by Gasteiger charge is 2.42. The maximum absolute atomic E-state index is 12.9. The maximum atomic E-state index is 12.9. The first-order valence-corrected chi connectivity index (χ1v) is 10.1. The summed E-state index contributed by atoms with van der Waals surface area (Å²) in [6.07, 6.45) is -1.52. The summed E-state index contributed by atoms with van der Waals surface area (Å²) < 4.78 is 65.4. The zero-order valence-electron chi connectivity index (χ0n) is 16.7. The van der Waals surface area contributed by atoms with Gasteiger partial charge in [0, 0.05) is 25.2 Å². The summed E-state index contributed by atoms with van der Waals surface area (Å²) in [5, 5.41) is 7.23. The minimum absolute atomic E-state index is 0.113. The number of hydrogen-bond acceptors (Lipinski definition) is 7. The van der Waals surface area contributed by atoms with Crippen molar-refractivity contribution in [3.05, 3.63) is 30.5 Å². The van der Waals surface area contributed by atoms with Crippen molar-refractivity contribution in [3.63, 3.8) is 0 Å². The summed E-state index contributed by atoms with van der Waals surface area (Å²) in [7, 11) is 0. The molecule has 1 saturated carbocycles. The molecule has 0 radical (unpaired) electrons. The molecule has 1 N–H and O–H groups in total. The molecule has 5 rings (SSSR count). The SMILES string of the molecule is FC(F)Cn1ncc2ncc(NC3CC4CN(c5cc(C(F)(F)F)ncn5)CC4C3)nc21. The van der Waals surface area contributed by atoms with Crippen molar-refractivity contribution in [1.29, 1.82) is 0 Å². The Morgan fingerprint density at radius 3 is 2.50 bits per heavy atom. The van der Waals surface area contributed by atoms with Crippen LogP contribution in [-0.2, 0) is 12.7 Å². The summed E-state index contributed by atoms with van der Waals surface area (Å²) in [6, 6.07) is 1.10. The van der Waals surface area contributed by atoms with E-state index >= 15 is 0 Å². The monoisotopic (exact) mass is 454 g/mol. The van der Waals surface area contributed by atoms with Gasteiger partial charge in [-0.15, -0.1) is 0 Å². The number of alkyl halides is 5. The van der Waals surface area contributed by atoms with Crippen LogP contribution in [0.15, 0.2) is 24.8 Å². The highest BCUT2D eigenvalue weighted by Crippen LogP contribution is 2.41. The molecule has 1 aliphatic carbocycles. The van der Waals surface area contributed by atoms with Gasteiger partial charge >= 0.3 is 6.18 Å². The molecule has 32 heavy (non-hydrogen) atoms. The molecule has 3 aromatic heterocycles. The molecule has 2 unspecified atom stereocenters. The molecule has 4 heterocycles. The van der Waals surface area contributed by atoms with Gasteiger partial charge in [0.15, 0.2) is 5.65 Å². The molecule has 0 spiro atoms. The molecule has 2 atom stereocenters. The molecule has 1 aliphatic heterocycles. The van der Waals surface area contributed by atoms with Crippen molar-refractivity contribution in [2.75, 3.05) is 23.3 Å². The van der Waals surface area contributed by atoms with Crippen LogP contribution in [-0.4, -0.2) is 55.3 Å². The predicted molar refractivity (Wildman–Crippen MR) is 104 cm³/mol. The first-order chi connectivity index (χ1) is 15.3. The lowest BCUT2D eigenvalue weighted by Crippen LogP contribution is -2.26. The Kier molecular flexibility index (Phi) is 5.05. The van der Waals surface area contributed by atoms with Crippen molar-refractivity contribution in [2.24, 2.45) is 11.8 Å². The molecule has 8 nitrogen and oxygen atoms in total. The van der Waals surface area contributed by atoms with Crippen LogP contribution < -0.4 is 10.2 Å². The summed E-state index contributed by atoms with van der Waals surface area (Å²) in [6.45, 7) is 0.677. The molecule has 13 heteroatoms. The van der Waals surface area contributed by atoms with Gasteiger partial charge < -0.3 is 10.2 Å². The summed E-state index contributed by atoms with van der Waals surface area (Å²) in [5.74, 6) is 1.38. The minimum atomic E-state index is -4.50. The fourth-order valence-electron chi connectivity index (χ4n) is 4.67. The highest BCUT2D eigenvalue weighted by molar-refractivity contribution is 5.71. The van der Waals surface area contributed by atoms with Gasteiger partial charge in [0.05, 0.1) is 12.4 Å². The van der Waals surface area contributed by atoms with E-state index in [1.807, 2.05) is 4.90 Å². The smallest absolute Gasteiger partial charge is 0.366 e. The first-order valence-electron chi connectivity index (χ1n) is 10.1. The lowest BCUT2D eigenvalue weighted by molar-refractivity contribution is -0.141. The van der Waals surface area contributed by atoms with Gasteiger partial charge in [-0.3, -0.25) is 0 Å². The molecule has 1 saturated heterocycles. The molecular weight excluding hydrogens is 435 g/mol. The Morgan fingerprint density at radius 2 is 1.81 bits per heavy atom.